The lowest BCUT2D eigenvalue weighted by atomic mass is 10.0. The molecule has 1 aromatic rings. The molecule has 0 radical (unpaired) electrons. The van der Waals surface area contributed by atoms with E-state index in [1.165, 1.54) is 12.0 Å². The summed E-state index contributed by atoms with van der Waals surface area (Å²) >= 11 is 0. The van der Waals surface area contributed by atoms with Crippen molar-refractivity contribution in [1.82, 2.24) is 9.88 Å². The number of ether oxygens (including phenoxy) is 1. The largest absolute Gasteiger partial charge is 0.467 e. The van der Waals surface area contributed by atoms with E-state index in [0.29, 0.717) is 18.7 Å². The van der Waals surface area contributed by atoms with Gasteiger partial charge in [-0.15, -0.1) is 0 Å². The Morgan fingerprint density at radius 2 is 2.31 bits per heavy atom. The van der Waals surface area contributed by atoms with Crippen LogP contribution in [0.15, 0.2) is 24.4 Å². The summed E-state index contributed by atoms with van der Waals surface area (Å²) in [6.07, 6.45) is 2.21. The number of methoxy groups -OCH3 is 1. The zero-order valence-electron chi connectivity index (χ0n) is 8.92. The lowest BCUT2D eigenvalue weighted by Crippen LogP contribution is -2.55. The maximum absolute atomic E-state index is 11.9. The third kappa shape index (κ3) is 1.76. The van der Waals surface area contributed by atoms with E-state index >= 15 is 0 Å². The number of carbonyl (C=O) groups is 2. The zero-order valence-corrected chi connectivity index (χ0v) is 8.92. The van der Waals surface area contributed by atoms with E-state index in [4.69, 9.17) is 0 Å². The van der Waals surface area contributed by atoms with Crippen LogP contribution < -0.4 is 0 Å². The number of pyridine rings is 1. The predicted octanol–water partition coefficient (Wildman–Crippen LogP) is 0.469. The van der Waals surface area contributed by atoms with Gasteiger partial charge in [0, 0.05) is 12.7 Å². The normalized spacial score (nSPS) is 18.8. The van der Waals surface area contributed by atoms with Gasteiger partial charge < -0.3 is 9.64 Å². The van der Waals surface area contributed by atoms with Crippen LogP contribution in [-0.2, 0) is 9.53 Å². The molecular weight excluding hydrogens is 208 g/mol. The van der Waals surface area contributed by atoms with Crippen molar-refractivity contribution in [2.24, 2.45) is 0 Å². The minimum atomic E-state index is -0.445. The van der Waals surface area contributed by atoms with Crippen molar-refractivity contribution in [3.05, 3.63) is 30.1 Å². The van der Waals surface area contributed by atoms with E-state index in [2.05, 4.69) is 9.72 Å². The van der Waals surface area contributed by atoms with Crippen LogP contribution in [0.4, 0.5) is 0 Å². The third-order valence-electron chi connectivity index (χ3n) is 2.64. The fourth-order valence-corrected chi connectivity index (χ4v) is 1.65. The van der Waals surface area contributed by atoms with Gasteiger partial charge in [0.15, 0.2) is 0 Å². The van der Waals surface area contributed by atoms with Crippen molar-refractivity contribution >= 4 is 11.9 Å². The highest BCUT2D eigenvalue weighted by Crippen LogP contribution is 2.20. The first kappa shape index (κ1) is 10.6. The SMILES string of the molecule is COC(=O)[C@@H]1CCN1C(=O)c1ccccn1. The molecule has 1 amide bonds. The molecule has 1 fully saturated rings. The minimum absolute atomic E-state index is 0.220. The Kier molecular flexibility index (Phi) is 2.85. The van der Waals surface area contributed by atoms with E-state index in [-0.39, 0.29) is 11.9 Å². The molecule has 1 aliphatic rings. The van der Waals surface area contributed by atoms with Gasteiger partial charge in [0.1, 0.15) is 11.7 Å². The number of nitrogens with zero attached hydrogens (tertiary/aromatic N) is 2. The smallest absolute Gasteiger partial charge is 0.328 e. The fourth-order valence-electron chi connectivity index (χ4n) is 1.65. The van der Waals surface area contributed by atoms with Crippen LogP contribution in [-0.4, -0.2) is 41.5 Å². The number of rotatable bonds is 2. The van der Waals surface area contributed by atoms with E-state index in [0.717, 1.165) is 0 Å². The molecule has 2 heterocycles. The van der Waals surface area contributed by atoms with Crippen LogP contribution >= 0.6 is 0 Å². The summed E-state index contributed by atoms with van der Waals surface area (Å²) in [5.41, 5.74) is 0.358. The first-order chi connectivity index (χ1) is 7.74. The van der Waals surface area contributed by atoms with E-state index in [1.54, 1.807) is 24.4 Å². The molecule has 1 saturated heterocycles. The molecule has 1 aliphatic heterocycles. The lowest BCUT2D eigenvalue weighted by Gasteiger charge is -2.38. The number of amides is 1. The molecule has 0 spiro atoms. The fraction of sp³-hybridized carbons (Fsp3) is 0.364. The van der Waals surface area contributed by atoms with Gasteiger partial charge in [0.2, 0.25) is 0 Å². The van der Waals surface area contributed by atoms with Crippen molar-refractivity contribution in [2.75, 3.05) is 13.7 Å². The summed E-state index contributed by atoms with van der Waals surface area (Å²) in [5, 5.41) is 0. The Hall–Kier alpha value is -1.91. The number of carbonyl (C=O) groups excluding carboxylic acids is 2. The summed E-state index contributed by atoms with van der Waals surface area (Å²) in [6, 6.07) is 4.67. The van der Waals surface area contributed by atoms with Gasteiger partial charge in [0.05, 0.1) is 7.11 Å². The van der Waals surface area contributed by atoms with Gasteiger partial charge in [-0.25, -0.2) is 4.79 Å². The van der Waals surface area contributed by atoms with E-state index < -0.39 is 6.04 Å². The average Bonchev–Trinajstić information content (AvgIpc) is 2.28. The van der Waals surface area contributed by atoms with E-state index in [9.17, 15) is 9.59 Å². The first-order valence-corrected chi connectivity index (χ1v) is 5.04. The Bertz CT molecular complexity index is 405. The van der Waals surface area contributed by atoms with Crippen molar-refractivity contribution in [3.63, 3.8) is 0 Å². The molecule has 0 unspecified atom stereocenters. The van der Waals surface area contributed by atoms with Crippen molar-refractivity contribution in [1.29, 1.82) is 0 Å². The van der Waals surface area contributed by atoms with Crippen LogP contribution in [0.2, 0.25) is 0 Å². The number of likely N-dealkylation sites (tertiary alicyclic amines) is 1. The second-order valence-electron chi connectivity index (χ2n) is 3.54. The maximum Gasteiger partial charge on any atom is 0.328 e. The van der Waals surface area contributed by atoms with Gasteiger partial charge in [-0.1, -0.05) is 6.07 Å². The van der Waals surface area contributed by atoms with Gasteiger partial charge in [-0.3, -0.25) is 9.78 Å². The lowest BCUT2D eigenvalue weighted by molar-refractivity contribution is -0.149. The topological polar surface area (TPSA) is 59.5 Å². The Balaban J connectivity index is 2.09. The second kappa shape index (κ2) is 4.30. The molecular formula is C11H12N2O3. The van der Waals surface area contributed by atoms with Crippen molar-refractivity contribution in [2.45, 2.75) is 12.5 Å². The number of esters is 1. The Morgan fingerprint density at radius 1 is 1.50 bits per heavy atom. The second-order valence-corrected chi connectivity index (χ2v) is 3.54. The summed E-state index contributed by atoms with van der Waals surface area (Å²) < 4.78 is 4.62. The van der Waals surface area contributed by atoms with Crippen LogP contribution in [0.5, 0.6) is 0 Å². The Morgan fingerprint density at radius 3 is 2.81 bits per heavy atom. The molecule has 5 nitrogen and oxygen atoms in total. The molecule has 16 heavy (non-hydrogen) atoms. The zero-order chi connectivity index (χ0) is 11.5. The van der Waals surface area contributed by atoms with Gasteiger partial charge in [0.25, 0.3) is 5.91 Å². The Labute approximate surface area is 93.0 Å². The molecule has 1 aromatic heterocycles. The van der Waals surface area contributed by atoms with Gasteiger partial charge in [-0.2, -0.15) is 0 Å². The molecule has 2 rings (SSSR count). The summed E-state index contributed by atoms with van der Waals surface area (Å²) in [6.45, 7) is 0.579. The molecule has 0 aromatic carbocycles. The standard InChI is InChI=1S/C11H12N2O3/c1-16-11(15)9-5-7-13(9)10(14)8-4-2-3-6-12-8/h2-4,6,9H,5,7H2,1H3/t9-/m0/s1. The third-order valence-corrected chi connectivity index (χ3v) is 2.64. The van der Waals surface area contributed by atoms with Gasteiger partial charge in [-0.05, 0) is 18.6 Å². The van der Waals surface area contributed by atoms with E-state index in [1.807, 2.05) is 0 Å². The molecule has 1 atom stereocenters. The summed E-state index contributed by atoms with van der Waals surface area (Å²) in [7, 11) is 1.32. The predicted molar refractivity (Wildman–Crippen MR) is 55.7 cm³/mol. The molecule has 84 valence electrons. The van der Waals surface area contributed by atoms with Crippen LogP contribution in [0.25, 0.3) is 0 Å². The molecule has 0 saturated carbocycles. The van der Waals surface area contributed by atoms with Crippen LogP contribution in [0.1, 0.15) is 16.9 Å². The molecule has 5 heteroatoms. The summed E-state index contributed by atoms with van der Waals surface area (Å²) in [5.74, 6) is -0.585. The number of aromatic nitrogens is 1. The molecule has 0 bridgehead atoms. The summed E-state index contributed by atoms with van der Waals surface area (Å²) in [4.78, 5) is 28.7. The highest BCUT2D eigenvalue weighted by atomic mass is 16.5. The maximum atomic E-state index is 11.9. The number of hydrogen-bond donors (Lipinski definition) is 0. The highest BCUT2D eigenvalue weighted by molar-refractivity contribution is 5.96. The van der Waals surface area contributed by atoms with Crippen LogP contribution in [0.3, 0.4) is 0 Å². The minimum Gasteiger partial charge on any atom is -0.467 e. The average molecular weight is 220 g/mol. The quantitative estimate of drug-likeness (QED) is 0.680. The van der Waals surface area contributed by atoms with Crippen molar-refractivity contribution in [3.8, 4) is 0 Å². The van der Waals surface area contributed by atoms with Crippen molar-refractivity contribution < 1.29 is 14.3 Å². The van der Waals surface area contributed by atoms with Gasteiger partial charge >= 0.3 is 5.97 Å². The molecule has 0 N–H and O–H groups in total. The first-order valence-electron chi connectivity index (χ1n) is 5.04. The highest BCUT2D eigenvalue weighted by Gasteiger charge is 2.39. The van der Waals surface area contributed by atoms with Crippen LogP contribution in [0, 0.1) is 0 Å². The number of hydrogen-bond acceptors (Lipinski definition) is 4. The monoisotopic (exact) mass is 220 g/mol. The molecule has 0 aliphatic carbocycles.